The third-order valence-electron chi connectivity index (χ3n) is 4.98. The van der Waals surface area contributed by atoms with Crippen molar-refractivity contribution in [1.29, 1.82) is 0 Å². The zero-order chi connectivity index (χ0) is 21.2. The Balaban J connectivity index is 1.34. The van der Waals surface area contributed by atoms with E-state index in [4.69, 9.17) is 15.8 Å². The molecule has 31 heavy (non-hydrogen) atoms. The summed E-state index contributed by atoms with van der Waals surface area (Å²) in [4.78, 5) is 17.8. The molecule has 8 nitrogen and oxygen atoms in total. The molecule has 4 aromatic rings. The largest absolute Gasteiger partial charge is 0.368 e. The van der Waals surface area contributed by atoms with Crippen LogP contribution in [0, 0.1) is 6.92 Å². The van der Waals surface area contributed by atoms with E-state index in [1.54, 1.807) is 0 Å². The number of hydrogen-bond acceptors (Lipinski definition) is 8. The average Bonchev–Trinajstić information content (AvgIpc) is 3.53. The Labute approximate surface area is 184 Å². The molecule has 5 rings (SSSR count). The Morgan fingerprint density at radius 1 is 1.00 bits per heavy atom. The maximum atomic E-state index is 5.93. The highest BCUT2D eigenvalue weighted by Gasteiger charge is 2.30. The van der Waals surface area contributed by atoms with Crippen LogP contribution in [-0.2, 0) is 5.75 Å². The van der Waals surface area contributed by atoms with Crippen LogP contribution < -0.4 is 11.1 Å². The molecule has 0 spiro atoms. The first-order valence-corrected chi connectivity index (χ1v) is 11.1. The number of thioether (sulfide) groups is 1. The van der Waals surface area contributed by atoms with Crippen molar-refractivity contribution >= 4 is 29.3 Å². The molecule has 1 saturated carbocycles. The van der Waals surface area contributed by atoms with Crippen molar-refractivity contribution in [2.45, 2.75) is 36.6 Å². The van der Waals surface area contributed by atoms with Crippen LogP contribution in [0.5, 0.6) is 0 Å². The van der Waals surface area contributed by atoms with Gasteiger partial charge < -0.3 is 11.1 Å². The van der Waals surface area contributed by atoms with Crippen molar-refractivity contribution in [1.82, 2.24) is 29.7 Å². The van der Waals surface area contributed by atoms with Crippen LogP contribution in [0.1, 0.15) is 36.0 Å². The van der Waals surface area contributed by atoms with Crippen LogP contribution >= 0.6 is 11.8 Å². The van der Waals surface area contributed by atoms with Gasteiger partial charge >= 0.3 is 0 Å². The lowest BCUT2D eigenvalue weighted by Crippen LogP contribution is -2.07. The fourth-order valence-corrected chi connectivity index (χ4v) is 3.94. The second-order valence-corrected chi connectivity index (χ2v) is 8.38. The summed E-state index contributed by atoms with van der Waals surface area (Å²) in [6.45, 7) is 2.02. The number of nitrogens with one attached hydrogen (secondary N) is 1. The van der Waals surface area contributed by atoms with E-state index < -0.39 is 0 Å². The molecule has 0 bridgehead atoms. The molecule has 0 saturated heterocycles. The van der Waals surface area contributed by atoms with Crippen molar-refractivity contribution in [3.8, 4) is 5.69 Å². The number of hydrogen-bond donors (Lipinski definition) is 2. The Bertz CT molecular complexity index is 1200. The van der Waals surface area contributed by atoms with Gasteiger partial charge in [0, 0.05) is 11.6 Å². The SMILES string of the molecule is Cc1ccccc1Nc1nc(N)nc(CSc2nc(C3CC3)n(-c3ccccc3)n2)n1. The van der Waals surface area contributed by atoms with Gasteiger partial charge in [-0.25, -0.2) is 9.67 Å². The molecule has 2 aromatic heterocycles. The standard InChI is InChI=1S/C22H22N8S/c1-14-7-5-6-10-17(14)24-21-26-18(25-20(23)28-21)13-31-22-27-19(15-11-12-15)30(29-22)16-8-3-2-4-9-16/h2-10,15H,11-13H2,1H3,(H3,23,24,25,26,28). The third-order valence-corrected chi connectivity index (χ3v) is 5.81. The second-order valence-electron chi connectivity index (χ2n) is 7.44. The molecule has 2 aromatic carbocycles. The van der Waals surface area contributed by atoms with Gasteiger partial charge in [0.15, 0.2) is 0 Å². The lowest BCUT2D eigenvalue weighted by molar-refractivity contribution is 0.782. The van der Waals surface area contributed by atoms with Crippen molar-refractivity contribution in [3.63, 3.8) is 0 Å². The number of nitrogen functional groups attached to an aromatic ring is 1. The number of anilines is 3. The molecule has 0 unspecified atom stereocenters. The van der Waals surface area contributed by atoms with E-state index >= 15 is 0 Å². The first kappa shape index (κ1) is 19.5. The van der Waals surface area contributed by atoms with Crippen molar-refractivity contribution in [2.24, 2.45) is 0 Å². The van der Waals surface area contributed by atoms with Crippen molar-refractivity contribution in [2.75, 3.05) is 11.1 Å². The Hall–Kier alpha value is -3.46. The Morgan fingerprint density at radius 3 is 2.55 bits per heavy atom. The highest BCUT2D eigenvalue weighted by molar-refractivity contribution is 7.98. The second kappa shape index (κ2) is 8.35. The molecule has 156 valence electrons. The lowest BCUT2D eigenvalue weighted by Gasteiger charge is -2.09. The van der Waals surface area contributed by atoms with Crippen molar-refractivity contribution < 1.29 is 0 Å². The Morgan fingerprint density at radius 2 is 1.77 bits per heavy atom. The van der Waals surface area contributed by atoms with Crippen LogP contribution in [-0.4, -0.2) is 29.7 Å². The van der Waals surface area contributed by atoms with Gasteiger partial charge in [-0.15, -0.1) is 5.10 Å². The van der Waals surface area contributed by atoms with Crippen LogP contribution in [0.2, 0.25) is 0 Å². The minimum Gasteiger partial charge on any atom is -0.368 e. The average molecular weight is 431 g/mol. The molecule has 0 aliphatic heterocycles. The number of nitrogens with zero attached hydrogens (tertiary/aromatic N) is 6. The smallest absolute Gasteiger partial charge is 0.232 e. The number of aryl methyl sites for hydroxylation is 1. The molecule has 1 aliphatic carbocycles. The lowest BCUT2D eigenvalue weighted by atomic mass is 10.2. The summed E-state index contributed by atoms with van der Waals surface area (Å²) in [5.41, 5.74) is 8.98. The summed E-state index contributed by atoms with van der Waals surface area (Å²) in [6.07, 6.45) is 2.32. The first-order valence-electron chi connectivity index (χ1n) is 10.1. The number of rotatable bonds is 7. The summed E-state index contributed by atoms with van der Waals surface area (Å²) >= 11 is 1.50. The monoisotopic (exact) mass is 430 g/mol. The fourth-order valence-electron chi connectivity index (χ4n) is 3.25. The summed E-state index contributed by atoms with van der Waals surface area (Å²) in [7, 11) is 0. The predicted molar refractivity (Wildman–Crippen MR) is 122 cm³/mol. The van der Waals surface area contributed by atoms with Gasteiger partial charge in [0.25, 0.3) is 0 Å². The zero-order valence-corrected chi connectivity index (χ0v) is 17.9. The van der Waals surface area contributed by atoms with E-state index in [2.05, 4.69) is 20.3 Å². The quantitative estimate of drug-likeness (QED) is 0.419. The van der Waals surface area contributed by atoms with Crippen molar-refractivity contribution in [3.05, 3.63) is 71.8 Å². The number of nitrogens with two attached hydrogens (primary N) is 1. The van der Waals surface area contributed by atoms with Crippen LogP contribution in [0.15, 0.2) is 59.8 Å². The highest BCUT2D eigenvalue weighted by atomic mass is 32.2. The van der Waals surface area contributed by atoms with E-state index in [0.717, 1.165) is 35.6 Å². The number of aromatic nitrogens is 6. The van der Waals surface area contributed by atoms with Gasteiger partial charge in [-0.1, -0.05) is 48.2 Å². The first-order chi connectivity index (χ1) is 15.2. The summed E-state index contributed by atoms with van der Waals surface area (Å²) in [5, 5.41) is 8.66. The van der Waals surface area contributed by atoms with E-state index in [0.29, 0.717) is 28.6 Å². The molecular formula is C22H22N8S. The highest BCUT2D eigenvalue weighted by Crippen LogP contribution is 2.40. The van der Waals surface area contributed by atoms with Crippen LogP contribution in [0.25, 0.3) is 5.69 Å². The number of para-hydroxylation sites is 2. The van der Waals surface area contributed by atoms with E-state index in [1.807, 2.05) is 66.2 Å². The van der Waals surface area contributed by atoms with Gasteiger partial charge in [0.1, 0.15) is 11.6 Å². The Kier molecular flexibility index (Phi) is 5.25. The minimum absolute atomic E-state index is 0.183. The topological polar surface area (TPSA) is 107 Å². The van der Waals surface area contributed by atoms with E-state index in [1.165, 1.54) is 11.8 Å². The zero-order valence-electron chi connectivity index (χ0n) is 17.1. The summed E-state index contributed by atoms with van der Waals surface area (Å²) < 4.78 is 1.95. The minimum atomic E-state index is 0.183. The van der Waals surface area contributed by atoms with Gasteiger partial charge in [-0.3, -0.25) is 0 Å². The van der Waals surface area contributed by atoms with Gasteiger partial charge in [-0.2, -0.15) is 15.0 Å². The maximum absolute atomic E-state index is 5.93. The van der Waals surface area contributed by atoms with Crippen LogP contribution in [0.4, 0.5) is 17.6 Å². The summed E-state index contributed by atoms with van der Waals surface area (Å²) in [6, 6.07) is 18.1. The molecule has 0 radical (unpaired) electrons. The van der Waals surface area contributed by atoms with Gasteiger partial charge in [0.05, 0.1) is 11.4 Å². The molecule has 9 heteroatoms. The predicted octanol–water partition coefficient (Wildman–Crippen LogP) is 4.26. The molecule has 3 N–H and O–H groups in total. The molecule has 1 fully saturated rings. The molecule has 0 amide bonds. The van der Waals surface area contributed by atoms with Gasteiger partial charge in [0.2, 0.25) is 17.1 Å². The normalized spacial score (nSPS) is 13.3. The van der Waals surface area contributed by atoms with E-state index in [-0.39, 0.29) is 5.95 Å². The molecule has 0 atom stereocenters. The van der Waals surface area contributed by atoms with Crippen LogP contribution in [0.3, 0.4) is 0 Å². The molecule has 2 heterocycles. The molecule has 1 aliphatic rings. The maximum Gasteiger partial charge on any atom is 0.232 e. The third kappa shape index (κ3) is 4.51. The summed E-state index contributed by atoms with van der Waals surface area (Å²) in [5.74, 6) is 3.20. The molecular weight excluding hydrogens is 408 g/mol. The number of benzene rings is 2. The van der Waals surface area contributed by atoms with E-state index in [9.17, 15) is 0 Å². The van der Waals surface area contributed by atoms with Gasteiger partial charge in [-0.05, 0) is 43.5 Å². The fraction of sp³-hybridized carbons (Fsp3) is 0.227.